The number of fused-ring (bicyclic) bond motifs is 1. The van der Waals surface area contributed by atoms with Crippen LogP contribution in [0, 0.1) is 13.8 Å². The summed E-state index contributed by atoms with van der Waals surface area (Å²) in [5.41, 5.74) is 2.99. The van der Waals surface area contributed by atoms with E-state index in [0.29, 0.717) is 18.0 Å². The Morgan fingerprint density at radius 1 is 1.35 bits per heavy atom. The van der Waals surface area contributed by atoms with Crippen LogP contribution in [0.5, 0.6) is 0 Å². The zero-order chi connectivity index (χ0) is 16.4. The largest absolute Gasteiger partial charge is 0.383 e. The number of aromatic nitrogens is 2. The summed E-state index contributed by atoms with van der Waals surface area (Å²) < 4.78 is 6.98. The summed E-state index contributed by atoms with van der Waals surface area (Å²) in [6.07, 6.45) is 3.90. The predicted molar refractivity (Wildman–Crippen MR) is 92.6 cm³/mol. The quantitative estimate of drug-likeness (QED) is 0.732. The minimum absolute atomic E-state index is 0.0918. The Labute approximate surface area is 138 Å². The first-order valence-corrected chi connectivity index (χ1v) is 8.24. The van der Waals surface area contributed by atoms with Gasteiger partial charge in [-0.1, -0.05) is 0 Å². The molecule has 3 aromatic heterocycles. The highest BCUT2D eigenvalue weighted by molar-refractivity contribution is 7.21. The van der Waals surface area contributed by atoms with Crippen LogP contribution in [0.25, 0.3) is 15.9 Å². The summed E-state index contributed by atoms with van der Waals surface area (Å²) in [4.78, 5) is 18.8. The molecule has 0 bridgehead atoms. The van der Waals surface area contributed by atoms with Crippen LogP contribution in [-0.4, -0.2) is 35.7 Å². The molecule has 0 atom stereocenters. The second-order valence-electron chi connectivity index (χ2n) is 5.38. The first-order valence-electron chi connectivity index (χ1n) is 7.43. The molecule has 0 spiro atoms. The van der Waals surface area contributed by atoms with Gasteiger partial charge in [-0.15, -0.1) is 11.3 Å². The normalized spacial score (nSPS) is 11.1. The molecular formula is C17H19N3O2S. The first kappa shape index (κ1) is 15.7. The lowest BCUT2D eigenvalue weighted by molar-refractivity contribution is 0.0941. The number of hydrogen-bond donors (Lipinski definition) is 1. The minimum Gasteiger partial charge on any atom is -0.383 e. The van der Waals surface area contributed by atoms with Crippen LogP contribution in [0.2, 0.25) is 0 Å². The van der Waals surface area contributed by atoms with Crippen LogP contribution in [0.4, 0.5) is 0 Å². The molecule has 0 saturated carbocycles. The number of carbonyl (C=O) groups is 1. The van der Waals surface area contributed by atoms with E-state index in [1.54, 1.807) is 7.11 Å². The number of ether oxygens (including phenoxy) is 1. The average Bonchev–Trinajstić information content (AvgIpc) is 3.13. The van der Waals surface area contributed by atoms with Crippen LogP contribution in [0.15, 0.2) is 30.6 Å². The molecule has 0 unspecified atom stereocenters. The van der Waals surface area contributed by atoms with E-state index in [4.69, 9.17) is 4.74 Å². The predicted octanol–water partition coefficient (Wildman–Crippen LogP) is 3.08. The van der Waals surface area contributed by atoms with E-state index >= 15 is 0 Å². The molecule has 23 heavy (non-hydrogen) atoms. The molecule has 0 aliphatic heterocycles. The first-order chi connectivity index (χ1) is 11.1. The van der Waals surface area contributed by atoms with E-state index in [1.807, 2.05) is 36.0 Å². The van der Waals surface area contributed by atoms with Crippen molar-refractivity contribution in [1.82, 2.24) is 14.9 Å². The van der Waals surface area contributed by atoms with E-state index in [0.717, 1.165) is 27.2 Å². The molecule has 3 aromatic rings. The maximum Gasteiger partial charge on any atom is 0.263 e. The Balaban J connectivity index is 2.15. The number of carbonyl (C=O) groups excluding carboxylic acids is 1. The smallest absolute Gasteiger partial charge is 0.263 e. The Hall–Kier alpha value is -2.18. The summed E-state index contributed by atoms with van der Waals surface area (Å²) in [6, 6.07) is 5.95. The van der Waals surface area contributed by atoms with Crippen molar-refractivity contribution in [2.45, 2.75) is 13.8 Å². The van der Waals surface area contributed by atoms with Crippen molar-refractivity contribution in [3.8, 4) is 5.69 Å². The van der Waals surface area contributed by atoms with E-state index in [-0.39, 0.29) is 5.91 Å². The molecule has 0 fully saturated rings. The van der Waals surface area contributed by atoms with Gasteiger partial charge in [-0.3, -0.25) is 4.79 Å². The molecule has 0 radical (unpaired) electrons. The fourth-order valence-electron chi connectivity index (χ4n) is 2.65. The second-order valence-corrected chi connectivity index (χ2v) is 6.38. The topological polar surface area (TPSA) is 56.1 Å². The number of nitrogens with one attached hydrogen (secondary N) is 1. The minimum atomic E-state index is -0.0918. The summed E-state index contributed by atoms with van der Waals surface area (Å²) in [6.45, 7) is 5.01. The average molecular weight is 329 g/mol. The summed E-state index contributed by atoms with van der Waals surface area (Å²) in [7, 11) is 1.62. The van der Waals surface area contributed by atoms with Crippen LogP contribution in [-0.2, 0) is 4.74 Å². The monoisotopic (exact) mass is 329 g/mol. The molecule has 1 N–H and O–H groups in total. The van der Waals surface area contributed by atoms with Crippen molar-refractivity contribution < 1.29 is 9.53 Å². The van der Waals surface area contributed by atoms with E-state index in [1.165, 1.54) is 11.3 Å². The van der Waals surface area contributed by atoms with Gasteiger partial charge in [-0.2, -0.15) is 0 Å². The summed E-state index contributed by atoms with van der Waals surface area (Å²) in [5, 5.41) is 3.94. The number of aryl methyl sites for hydroxylation is 2. The van der Waals surface area contributed by atoms with Crippen molar-refractivity contribution in [3.63, 3.8) is 0 Å². The molecule has 6 heteroatoms. The van der Waals surface area contributed by atoms with Gasteiger partial charge < -0.3 is 14.6 Å². The number of pyridine rings is 1. The van der Waals surface area contributed by atoms with E-state index in [2.05, 4.69) is 23.3 Å². The molecular weight excluding hydrogens is 310 g/mol. The van der Waals surface area contributed by atoms with E-state index < -0.39 is 0 Å². The standard InChI is InChI=1S/C17H19N3O2S/c1-11-10-12(2)19-17-13(11)14(20-7-4-5-8-20)15(23-17)16(21)18-6-9-22-3/h4-5,7-8,10H,6,9H2,1-3H3,(H,18,21). The third kappa shape index (κ3) is 3.00. The number of thiophene rings is 1. The zero-order valence-corrected chi connectivity index (χ0v) is 14.2. The molecule has 0 aliphatic carbocycles. The van der Waals surface area contributed by atoms with Gasteiger partial charge in [-0.25, -0.2) is 4.98 Å². The van der Waals surface area contributed by atoms with Crippen molar-refractivity contribution in [1.29, 1.82) is 0 Å². The van der Waals surface area contributed by atoms with Gasteiger partial charge in [0.15, 0.2) is 0 Å². The van der Waals surface area contributed by atoms with Gasteiger partial charge in [0.25, 0.3) is 5.91 Å². The number of methoxy groups -OCH3 is 1. The second kappa shape index (κ2) is 6.52. The Morgan fingerprint density at radius 3 is 2.78 bits per heavy atom. The van der Waals surface area contributed by atoms with Gasteiger partial charge in [0.2, 0.25) is 0 Å². The summed E-state index contributed by atoms with van der Waals surface area (Å²) >= 11 is 1.43. The molecule has 0 aromatic carbocycles. The van der Waals surface area contributed by atoms with E-state index in [9.17, 15) is 4.79 Å². The van der Waals surface area contributed by atoms with Crippen molar-refractivity contribution >= 4 is 27.5 Å². The third-order valence-corrected chi connectivity index (χ3v) is 4.69. The van der Waals surface area contributed by atoms with Gasteiger partial charge in [0.05, 0.1) is 12.3 Å². The molecule has 3 heterocycles. The fraction of sp³-hybridized carbons (Fsp3) is 0.294. The van der Waals surface area contributed by atoms with Crippen LogP contribution >= 0.6 is 11.3 Å². The van der Waals surface area contributed by atoms with Crippen molar-refractivity contribution in [2.24, 2.45) is 0 Å². The number of nitrogens with zero attached hydrogens (tertiary/aromatic N) is 2. The maximum absolute atomic E-state index is 12.6. The summed E-state index contributed by atoms with van der Waals surface area (Å²) in [5.74, 6) is -0.0918. The Kier molecular flexibility index (Phi) is 4.45. The lowest BCUT2D eigenvalue weighted by Gasteiger charge is -2.08. The number of hydrogen-bond acceptors (Lipinski definition) is 4. The zero-order valence-electron chi connectivity index (χ0n) is 13.4. The molecule has 5 nitrogen and oxygen atoms in total. The maximum atomic E-state index is 12.6. The van der Waals surface area contributed by atoms with Crippen LogP contribution < -0.4 is 5.32 Å². The van der Waals surface area contributed by atoms with Crippen molar-refractivity contribution in [3.05, 3.63) is 46.7 Å². The highest BCUT2D eigenvalue weighted by Gasteiger charge is 2.21. The molecule has 0 aliphatic rings. The number of rotatable bonds is 5. The lowest BCUT2D eigenvalue weighted by Crippen LogP contribution is -2.27. The molecule has 1 amide bonds. The highest BCUT2D eigenvalue weighted by Crippen LogP contribution is 2.35. The van der Waals surface area contributed by atoms with Crippen LogP contribution in [0.1, 0.15) is 20.9 Å². The van der Waals surface area contributed by atoms with Gasteiger partial charge in [-0.05, 0) is 37.6 Å². The third-order valence-electron chi connectivity index (χ3n) is 3.62. The SMILES string of the molecule is COCCNC(=O)c1sc2nc(C)cc(C)c2c1-n1cccc1. The van der Waals surface area contributed by atoms with Gasteiger partial charge >= 0.3 is 0 Å². The molecule has 120 valence electrons. The molecule has 0 saturated heterocycles. The van der Waals surface area contributed by atoms with Gasteiger partial charge in [0.1, 0.15) is 9.71 Å². The lowest BCUT2D eigenvalue weighted by atomic mass is 10.1. The molecule has 3 rings (SSSR count). The Bertz CT molecular complexity index is 837. The fourth-order valence-corrected chi connectivity index (χ4v) is 3.87. The van der Waals surface area contributed by atoms with Gasteiger partial charge in [0, 0.05) is 37.1 Å². The van der Waals surface area contributed by atoms with Crippen LogP contribution in [0.3, 0.4) is 0 Å². The van der Waals surface area contributed by atoms with Crippen molar-refractivity contribution in [2.75, 3.05) is 20.3 Å². The number of amides is 1. The highest BCUT2D eigenvalue weighted by atomic mass is 32.1. The Morgan fingerprint density at radius 2 is 2.09 bits per heavy atom.